The molecule has 2 heterocycles. The molecule has 2 atom stereocenters. The molecule has 36 heavy (non-hydrogen) atoms. The molecule has 2 nitrogen and oxygen atoms in total. The van der Waals surface area contributed by atoms with E-state index in [1.807, 2.05) is 0 Å². The van der Waals surface area contributed by atoms with E-state index < -0.39 is 0 Å². The molecule has 0 spiro atoms. The quantitative estimate of drug-likeness (QED) is 0.357. The molecule has 0 radical (unpaired) electrons. The van der Waals surface area contributed by atoms with Crippen molar-refractivity contribution >= 4 is 15.8 Å². The Bertz CT molecular complexity index is 838. The Balaban J connectivity index is 2.16. The molecule has 2 fully saturated rings. The molecule has 1 aromatic carbocycles. The molecule has 2 aliphatic heterocycles. The Morgan fingerprint density at radius 2 is 1.03 bits per heavy atom. The van der Waals surface area contributed by atoms with Gasteiger partial charge in [0.2, 0.25) is 0 Å². The fraction of sp³-hybridized carbons (Fsp3) is 0.812. The minimum Gasteiger partial charge on any atom is -0.310 e. The lowest BCUT2D eigenvalue weighted by molar-refractivity contribution is 0.529. The van der Waals surface area contributed by atoms with Crippen LogP contribution in [-0.2, 0) is 23.2 Å². The van der Waals surface area contributed by atoms with Crippen molar-refractivity contribution in [2.45, 2.75) is 154 Å². The summed E-state index contributed by atoms with van der Waals surface area (Å²) < 4.78 is 0. The second-order valence-corrected chi connectivity index (χ2v) is 21.9. The van der Waals surface area contributed by atoms with Crippen molar-refractivity contribution in [3.05, 3.63) is 34.4 Å². The standard InChI is InChI=1S/C32H58N2P2/c1-29(2,3)25-19-23(21-35(27-15-13-17-33-27)28-16-14-18-34-28)24(20-26(25)30(4,5)6)22-36(31(7,8)9)32(10,11)12/h19-20,27-28,33-34H,13-18,21-22H2,1-12H3. The zero-order valence-corrected chi connectivity index (χ0v) is 27.6. The van der Waals surface area contributed by atoms with Crippen LogP contribution in [0.3, 0.4) is 0 Å². The topological polar surface area (TPSA) is 24.1 Å². The molecule has 3 rings (SSSR count). The normalized spacial score (nSPS) is 23.0. The van der Waals surface area contributed by atoms with Gasteiger partial charge in [-0.3, -0.25) is 0 Å². The Labute approximate surface area is 227 Å². The minimum absolute atomic E-state index is 0.138. The largest absolute Gasteiger partial charge is 0.310 e. The molecule has 2 aliphatic rings. The third kappa shape index (κ3) is 7.56. The van der Waals surface area contributed by atoms with E-state index in [4.69, 9.17) is 0 Å². The maximum absolute atomic E-state index is 3.94. The van der Waals surface area contributed by atoms with Crippen molar-refractivity contribution in [1.82, 2.24) is 10.6 Å². The van der Waals surface area contributed by atoms with Gasteiger partial charge in [0.1, 0.15) is 0 Å². The molecular formula is C32H58N2P2. The van der Waals surface area contributed by atoms with E-state index in [0.717, 1.165) is 11.6 Å². The molecule has 1 aromatic rings. The number of hydrogen-bond acceptors (Lipinski definition) is 2. The molecule has 206 valence electrons. The highest BCUT2D eigenvalue weighted by atomic mass is 31.1. The zero-order chi connectivity index (χ0) is 27.1. The van der Waals surface area contributed by atoms with Gasteiger partial charge in [0.05, 0.1) is 0 Å². The lowest BCUT2D eigenvalue weighted by atomic mass is 9.74. The van der Waals surface area contributed by atoms with Gasteiger partial charge in [-0.05, 0) is 94.5 Å². The first kappa shape index (κ1) is 30.5. The summed E-state index contributed by atoms with van der Waals surface area (Å²) in [6, 6.07) is 5.37. The summed E-state index contributed by atoms with van der Waals surface area (Å²) in [7, 11) is -0.328. The summed E-state index contributed by atoms with van der Waals surface area (Å²) in [5, 5.41) is 8.54. The number of benzene rings is 1. The fourth-order valence-electron chi connectivity index (χ4n) is 6.41. The Morgan fingerprint density at radius 1 is 0.639 bits per heavy atom. The monoisotopic (exact) mass is 532 g/mol. The van der Waals surface area contributed by atoms with Crippen LogP contribution >= 0.6 is 15.8 Å². The molecule has 0 aromatic heterocycles. The Hall–Kier alpha value is -0.0000000000000000555. The summed E-state index contributed by atoms with van der Waals surface area (Å²) in [6.45, 7) is 31.8. The van der Waals surface area contributed by atoms with E-state index >= 15 is 0 Å². The summed E-state index contributed by atoms with van der Waals surface area (Å²) in [6.07, 6.45) is 7.93. The third-order valence-corrected chi connectivity index (χ3v) is 15.2. The van der Waals surface area contributed by atoms with Gasteiger partial charge >= 0.3 is 0 Å². The van der Waals surface area contributed by atoms with Gasteiger partial charge in [-0.2, -0.15) is 0 Å². The van der Waals surface area contributed by atoms with Crippen LogP contribution < -0.4 is 10.6 Å². The predicted octanol–water partition coefficient (Wildman–Crippen LogP) is 9.26. The number of hydrogen-bond donors (Lipinski definition) is 2. The highest BCUT2D eigenvalue weighted by molar-refractivity contribution is 7.60. The highest BCUT2D eigenvalue weighted by Crippen LogP contribution is 2.62. The summed E-state index contributed by atoms with van der Waals surface area (Å²) in [5.74, 6) is 1.44. The van der Waals surface area contributed by atoms with Crippen molar-refractivity contribution < 1.29 is 0 Å². The van der Waals surface area contributed by atoms with E-state index in [0.29, 0.717) is 10.3 Å². The van der Waals surface area contributed by atoms with Gasteiger partial charge < -0.3 is 10.6 Å². The summed E-state index contributed by atoms with van der Waals surface area (Å²) >= 11 is 0. The van der Waals surface area contributed by atoms with Gasteiger partial charge in [-0.25, -0.2) is 0 Å². The summed E-state index contributed by atoms with van der Waals surface area (Å²) in [5.41, 5.74) is 6.75. The molecule has 4 heteroatoms. The van der Waals surface area contributed by atoms with Crippen LogP contribution in [0.1, 0.15) is 131 Å². The molecule has 2 unspecified atom stereocenters. The second kappa shape index (κ2) is 11.2. The molecule has 2 saturated heterocycles. The van der Waals surface area contributed by atoms with Crippen molar-refractivity contribution in [2.75, 3.05) is 13.1 Å². The average molecular weight is 533 g/mol. The van der Waals surface area contributed by atoms with Gasteiger partial charge in [0.15, 0.2) is 0 Å². The third-order valence-electron chi connectivity index (χ3n) is 8.13. The maximum atomic E-state index is 3.94. The highest BCUT2D eigenvalue weighted by Gasteiger charge is 2.37. The molecule has 0 saturated carbocycles. The first-order valence-corrected chi connectivity index (χ1v) is 17.8. The fourth-order valence-corrected chi connectivity index (χ4v) is 13.3. The first-order chi connectivity index (χ1) is 16.4. The Kier molecular flexibility index (Phi) is 9.53. The van der Waals surface area contributed by atoms with Crippen LogP contribution in [0.5, 0.6) is 0 Å². The van der Waals surface area contributed by atoms with Crippen LogP contribution in [-0.4, -0.2) is 35.0 Å². The van der Waals surface area contributed by atoms with E-state index in [2.05, 4.69) is 106 Å². The van der Waals surface area contributed by atoms with Crippen molar-refractivity contribution in [3.63, 3.8) is 0 Å². The molecule has 0 aliphatic carbocycles. The van der Waals surface area contributed by atoms with Gasteiger partial charge in [0, 0.05) is 11.6 Å². The zero-order valence-electron chi connectivity index (χ0n) is 25.9. The molecular weight excluding hydrogens is 474 g/mol. The van der Waals surface area contributed by atoms with E-state index in [9.17, 15) is 0 Å². The van der Waals surface area contributed by atoms with E-state index in [-0.39, 0.29) is 26.7 Å². The summed E-state index contributed by atoms with van der Waals surface area (Å²) in [4.78, 5) is 0. The minimum atomic E-state index is -0.191. The van der Waals surface area contributed by atoms with Gasteiger partial charge in [-0.1, -0.05) is 111 Å². The van der Waals surface area contributed by atoms with Crippen molar-refractivity contribution in [3.8, 4) is 0 Å². The van der Waals surface area contributed by atoms with Crippen LogP contribution in [0, 0.1) is 0 Å². The maximum Gasteiger partial charge on any atom is 0.0286 e. The number of nitrogens with one attached hydrogen (secondary N) is 2. The van der Waals surface area contributed by atoms with Crippen LogP contribution in [0.2, 0.25) is 0 Å². The first-order valence-electron chi connectivity index (χ1n) is 14.6. The molecule has 0 amide bonds. The van der Waals surface area contributed by atoms with Crippen LogP contribution in [0.25, 0.3) is 0 Å². The van der Waals surface area contributed by atoms with Crippen molar-refractivity contribution in [2.24, 2.45) is 0 Å². The average Bonchev–Trinajstić information content (AvgIpc) is 3.41. The SMILES string of the molecule is CC(C)(C)c1cc(CP(C2CCCN2)C2CCCN2)c(CP(C(C)(C)C)C(C)(C)C)cc1C(C)(C)C. The van der Waals surface area contributed by atoms with Crippen LogP contribution in [0.15, 0.2) is 12.1 Å². The lowest BCUT2D eigenvalue weighted by Gasteiger charge is -2.43. The van der Waals surface area contributed by atoms with E-state index in [1.165, 1.54) is 51.1 Å². The van der Waals surface area contributed by atoms with Gasteiger partial charge in [-0.15, -0.1) is 0 Å². The second-order valence-electron chi connectivity index (χ2n) is 15.5. The van der Waals surface area contributed by atoms with Crippen molar-refractivity contribution in [1.29, 1.82) is 0 Å². The molecule has 0 bridgehead atoms. The Morgan fingerprint density at radius 3 is 1.33 bits per heavy atom. The van der Waals surface area contributed by atoms with E-state index in [1.54, 1.807) is 22.3 Å². The smallest absolute Gasteiger partial charge is 0.0286 e. The van der Waals surface area contributed by atoms with Crippen LogP contribution in [0.4, 0.5) is 0 Å². The van der Waals surface area contributed by atoms with Gasteiger partial charge in [0.25, 0.3) is 0 Å². The number of rotatable bonds is 6. The molecule has 2 N–H and O–H groups in total. The lowest BCUT2D eigenvalue weighted by Crippen LogP contribution is -2.30. The predicted molar refractivity (Wildman–Crippen MR) is 167 cm³/mol.